The Labute approximate surface area is 167 Å². The second-order valence-corrected chi connectivity index (χ2v) is 8.62. The highest BCUT2D eigenvalue weighted by atomic mass is 32.2. The number of carbonyl (C=O) groups is 3. The molecule has 0 aromatic heterocycles. The molecular formula is C20H19NO7S. The van der Waals surface area contributed by atoms with Crippen molar-refractivity contribution in [2.24, 2.45) is 0 Å². The Bertz CT molecular complexity index is 1060. The van der Waals surface area contributed by atoms with E-state index in [9.17, 15) is 22.8 Å². The van der Waals surface area contributed by atoms with Crippen LogP contribution in [-0.2, 0) is 24.2 Å². The average Bonchev–Trinajstić information content (AvgIpc) is 2.70. The van der Waals surface area contributed by atoms with Gasteiger partial charge in [-0.1, -0.05) is 17.7 Å². The summed E-state index contributed by atoms with van der Waals surface area (Å²) in [6.45, 7) is 1.22. The Morgan fingerprint density at radius 1 is 1.14 bits per heavy atom. The second-order valence-electron chi connectivity index (χ2n) is 6.51. The summed E-state index contributed by atoms with van der Waals surface area (Å²) in [5.74, 6) is -1.57. The van der Waals surface area contributed by atoms with Crippen LogP contribution in [0.3, 0.4) is 0 Å². The summed E-state index contributed by atoms with van der Waals surface area (Å²) in [6, 6.07) is 10.8. The Balaban J connectivity index is 1.53. The number of carbonyl (C=O) groups excluding carboxylic acids is 3. The van der Waals surface area contributed by atoms with Gasteiger partial charge in [-0.25, -0.2) is 8.42 Å². The number of anilines is 1. The van der Waals surface area contributed by atoms with Crippen molar-refractivity contribution in [3.63, 3.8) is 0 Å². The van der Waals surface area contributed by atoms with Gasteiger partial charge in [-0.2, -0.15) is 0 Å². The molecule has 2 aromatic rings. The van der Waals surface area contributed by atoms with Crippen LogP contribution in [0.25, 0.3) is 0 Å². The molecule has 1 N–H and O–H groups in total. The van der Waals surface area contributed by atoms with Gasteiger partial charge in [0.2, 0.25) is 0 Å². The molecule has 0 fully saturated rings. The highest BCUT2D eigenvalue weighted by Crippen LogP contribution is 2.28. The first-order chi connectivity index (χ1) is 13.7. The summed E-state index contributed by atoms with van der Waals surface area (Å²) in [4.78, 5) is 35.6. The first kappa shape index (κ1) is 20.5. The third-order valence-electron chi connectivity index (χ3n) is 4.25. The highest BCUT2D eigenvalue weighted by Gasteiger charge is 2.20. The number of benzene rings is 2. The normalized spacial score (nSPS) is 13.1. The van der Waals surface area contributed by atoms with Gasteiger partial charge in [0.1, 0.15) is 5.75 Å². The van der Waals surface area contributed by atoms with Gasteiger partial charge in [0.25, 0.3) is 5.91 Å². The minimum absolute atomic E-state index is 0.0938. The molecule has 0 radical (unpaired) electrons. The largest absolute Gasteiger partial charge is 0.482 e. The Kier molecular flexibility index (Phi) is 5.97. The van der Waals surface area contributed by atoms with E-state index in [4.69, 9.17) is 9.47 Å². The van der Waals surface area contributed by atoms with Crippen LogP contribution < -0.4 is 10.1 Å². The molecule has 0 saturated heterocycles. The van der Waals surface area contributed by atoms with E-state index in [1.807, 2.05) is 6.92 Å². The number of esters is 1. The average molecular weight is 417 g/mol. The summed E-state index contributed by atoms with van der Waals surface area (Å²) in [5, 5.41) is 2.59. The molecule has 0 unspecified atom stereocenters. The van der Waals surface area contributed by atoms with Crippen molar-refractivity contribution in [3.05, 3.63) is 53.6 Å². The maximum Gasteiger partial charge on any atom is 0.307 e. The van der Waals surface area contributed by atoms with Crippen LogP contribution in [-0.4, -0.2) is 45.0 Å². The van der Waals surface area contributed by atoms with E-state index in [-0.39, 0.29) is 29.4 Å². The van der Waals surface area contributed by atoms with Crippen molar-refractivity contribution in [1.29, 1.82) is 0 Å². The standard InChI is InChI=1S/C20H19NO7S/c1-13-2-5-15(6-3-13)29(25,26)9-8-20(24)28-11-17(22)14-4-7-18-16(10-14)21-19(23)12-27-18/h2-7,10H,8-9,11-12H2,1H3,(H,21,23). The maximum atomic E-state index is 12.2. The van der Waals surface area contributed by atoms with E-state index in [0.717, 1.165) is 5.56 Å². The summed E-state index contributed by atoms with van der Waals surface area (Å²) in [6.07, 6.45) is -0.364. The number of hydrogen-bond acceptors (Lipinski definition) is 7. The van der Waals surface area contributed by atoms with Crippen molar-refractivity contribution in [3.8, 4) is 5.75 Å². The maximum absolute atomic E-state index is 12.2. The lowest BCUT2D eigenvalue weighted by molar-refractivity contribution is -0.142. The molecule has 0 bridgehead atoms. The van der Waals surface area contributed by atoms with Gasteiger partial charge in [0.05, 0.1) is 22.8 Å². The molecule has 1 aliphatic rings. The van der Waals surface area contributed by atoms with Crippen LogP contribution in [0.1, 0.15) is 22.3 Å². The first-order valence-electron chi connectivity index (χ1n) is 8.79. The fourth-order valence-corrected chi connectivity index (χ4v) is 3.86. The van der Waals surface area contributed by atoms with E-state index in [2.05, 4.69) is 5.32 Å². The molecule has 29 heavy (non-hydrogen) atoms. The van der Waals surface area contributed by atoms with Gasteiger partial charge < -0.3 is 14.8 Å². The molecule has 152 valence electrons. The number of amides is 1. The molecule has 0 saturated carbocycles. The number of nitrogens with one attached hydrogen (secondary N) is 1. The van der Waals surface area contributed by atoms with E-state index < -0.39 is 33.9 Å². The third-order valence-corrected chi connectivity index (χ3v) is 5.99. The zero-order valence-electron chi connectivity index (χ0n) is 15.6. The minimum atomic E-state index is -3.62. The molecule has 2 aromatic carbocycles. The smallest absolute Gasteiger partial charge is 0.307 e. The van der Waals surface area contributed by atoms with Crippen LogP contribution in [0, 0.1) is 6.92 Å². The second kappa shape index (κ2) is 8.44. The third kappa shape index (κ3) is 5.20. The van der Waals surface area contributed by atoms with Gasteiger partial charge >= 0.3 is 5.97 Å². The SMILES string of the molecule is Cc1ccc(S(=O)(=O)CCC(=O)OCC(=O)c2ccc3c(c2)NC(=O)CO3)cc1. The van der Waals surface area contributed by atoms with Gasteiger partial charge in [0.15, 0.2) is 28.8 Å². The van der Waals surface area contributed by atoms with Crippen LogP contribution in [0.5, 0.6) is 5.75 Å². The lowest BCUT2D eigenvalue weighted by atomic mass is 10.1. The zero-order chi connectivity index (χ0) is 21.0. The summed E-state index contributed by atoms with van der Waals surface area (Å²) in [7, 11) is -3.62. The van der Waals surface area contributed by atoms with Gasteiger partial charge in [-0.15, -0.1) is 0 Å². The number of hydrogen-bond donors (Lipinski definition) is 1. The Hall–Kier alpha value is -3.20. The number of rotatable bonds is 7. The molecule has 9 heteroatoms. The number of aryl methyl sites for hydroxylation is 1. The van der Waals surface area contributed by atoms with Crippen LogP contribution in [0.2, 0.25) is 0 Å². The van der Waals surface area contributed by atoms with Gasteiger partial charge in [-0.05, 0) is 37.3 Å². The topological polar surface area (TPSA) is 116 Å². The molecule has 1 aliphatic heterocycles. The predicted octanol–water partition coefficient (Wildman–Crippen LogP) is 1.92. The molecule has 8 nitrogen and oxygen atoms in total. The summed E-state index contributed by atoms with van der Waals surface area (Å²) in [5.41, 5.74) is 1.52. The first-order valence-corrected chi connectivity index (χ1v) is 10.4. The molecule has 0 atom stereocenters. The van der Waals surface area contributed by atoms with E-state index in [1.54, 1.807) is 12.1 Å². The van der Waals surface area contributed by atoms with Crippen molar-refractivity contribution in [1.82, 2.24) is 0 Å². The highest BCUT2D eigenvalue weighted by molar-refractivity contribution is 7.91. The molecule has 1 heterocycles. The Morgan fingerprint density at radius 3 is 2.59 bits per heavy atom. The molecule has 0 aliphatic carbocycles. The van der Waals surface area contributed by atoms with Gasteiger partial charge in [0, 0.05) is 5.56 Å². The quantitative estimate of drug-likeness (QED) is 0.540. The Morgan fingerprint density at radius 2 is 1.86 bits per heavy atom. The van der Waals surface area contributed by atoms with Crippen LogP contribution in [0.4, 0.5) is 5.69 Å². The summed E-state index contributed by atoms with van der Waals surface area (Å²) < 4.78 is 34.6. The lowest BCUT2D eigenvalue weighted by Gasteiger charge is -2.18. The molecule has 1 amide bonds. The summed E-state index contributed by atoms with van der Waals surface area (Å²) >= 11 is 0. The fraction of sp³-hybridized carbons (Fsp3) is 0.250. The molecule has 3 rings (SSSR count). The zero-order valence-corrected chi connectivity index (χ0v) is 16.5. The monoisotopic (exact) mass is 417 g/mol. The lowest BCUT2D eigenvalue weighted by Crippen LogP contribution is -2.25. The number of sulfone groups is 1. The number of fused-ring (bicyclic) bond motifs is 1. The van der Waals surface area contributed by atoms with E-state index in [0.29, 0.717) is 11.4 Å². The number of Topliss-reactive ketones (excluding diaryl/α,β-unsaturated/α-hetero) is 1. The van der Waals surface area contributed by atoms with Crippen LogP contribution >= 0.6 is 0 Å². The van der Waals surface area contributed by atoms with Crippen molar-refractivity contribution in [2.75, 3.05) is 24.3 Å². The number of ether oxygens (including phenoxy) is 2. The van der Waals surface area contributed by atoms with E-state index >= 15 is 0 Å². The van der Waals surface area contributed by atoms with Crippen molar-refractivity contribution in [2.45, 2.75) is 18.2 Å². The van der Waals surface area contributed by atoms with Crippen molar-refractivity contribution >= 4 is 33.2 Å². The predicted molar refractivity (Wildman–Crippen MR) is 104 cm³/mol. The van der Waals surface area contributed by atoms with Crippen LogP contribution in [0.15, 0.2) is 47.4 Å². The van der Waals surface area contributed by atoms with E-state index in [1.165, 1.54) is 30.3 Å². The van der Waals surface area contributed by atoms with Gasteiger partial charge in [-0.3, -0.25) is 14.4 Å². The molecular weight excluding hydrogens is 398 g/mol. The minimum Gasteiger partial charge on any atom is -0.482 e. The van der Waals surface area contributed by atoms with Crippen molar-refractivity contribution < 1.29 is 32.3 Å². The molecule has 0 spiro atoms. The number of ketones is 1. The fourth-order valence-electron chi connectivity index (χ4n) is 2.64.